The number of ether oxygens (including phenoxy) is 1. The molecule has 1 radical (unpaired) electrons. The predicted octanol–water partition coefficient (Wildman–Crippen LogP) is 4.35. The highest BCUT2D eigenvalue weighted by molar-refractivity contribution is 8.00. The summed E-state index contributed by atoms with van der Waals surface area (Å²) in [5.41, 5.74) is 1.16. The largest absolute Gasteiger partial charge is 0.488 e. The Bertz CT molecular complexity index is 520. The summed E-state index contributed by atoms with van der Waals surface area (Å²) < 4.78 is 6.01. The summed E-state index contributed by atoms with van der Waals surface area (Å²) in [6, 6.07) is 12.0. The van der Waals surface area contributed by atoms with Gasteiger partial charge in [-0.1, -0.05) is 51.1 Å². The van der Waals surface area contributed by atoms with Crippen LogP contribution in [0.25, 0.3) is 0 Å². The highest BCUT2D eigenvalue weighted by Crippen LogP contribution is 2.37. The molecule has 3 heteroatoms. The van der Waals surface area contributed by atoms with Crippen LogP contribution in [-0.2, 0) is 6.61 Å². The molecule has 2 nitrogen and oxygen atoms in total. The lowest BCUT2D eigenvalue weighted by Crippen LogP contribution is -2.07. The summed E-state index contributed by atoms with van der Waals surface area (Å²) in [4.78, 5) is 5.12. The first-order chi connectivity index (χ1) is 9.04. The molecule has 0 saturated heterocycles. The van der Waals surface area contributed by atoms with E-state index in [2.05, 4.69) is 44.1 Å². The molecule has 0 atom stereocenters. The SMILES string of the molecule is CC(C)(C)Sc1cn[c]cc1OCc1ccccc1. The molecule has 0 unspecified atom stereocenters. The lowest BCUT2D eigenvalue weighted by Gasteiger charge is -2.19. The van der Waals surface area contributed by atoms with Gasteiger partial charge in [0, 0.05) is 17.0 Å². The Morgan fingerprint density at radius 1 is 1.21 bits per heavy atom. The molecule has 0 saturated carbocycles. The zero-order chi connectivity index (χ0) is 13.7. The van der Waals surface area contributed by atoms with Crippen LogP contribution in [-0.4, -0.2) is 9.73 Å². The highest BCUT2D eigenvalue weighted by Gasteiger charge is 2.15. The number of pyridine rings is 1. The van der Waals surface area contributed by atoms with E-state index in [0.717, 1.165) is 16.2 Å². The van der Waals surface area contributed by atoms with Gasteiger partial charge in [-0.2, -0.15) is 0 Å². The van der Waals surface area contributed by atoms with Crippen molar-refractivity contribution in [1.82, 2.24) is 4.98 Å². The third-order valence-electron chi connectivity index (χ3n) is 2.35. The molecule has 0 bridgehead atoms. The van der Waals surface area contributed by atoms with Crippen LogP contribution in [0, 0.1) is 6.20 Å². The molecule has 0 aliphatic carbocycles. The molecule has 2 aromatic rings. The molecule has 0 fully saturated rings. The van der Waals surface area contributed by atoms with E-state index in [-0.39, 0.29) is 4.75 Å². The molecule has 1 aromatic heterocycles. The summed E-state index contributed by atoms with van der Waals surface area (Å²) >= 11 is 1.76. The molecule has 0 spiro atoms. The molecule has 1 aromatic carbocycles. The Morgan fingerprint density at radius 2 is 1.95 bits per heavy atom. The van der Waals surface area contributed by atoms with Crippen molar-refractivity contribution in [3.8, 4) is 5.75 Å². The first kappa shape index (κ1) is 13.9. The van der Waals surface area contributed by atoms with Gasteiger partial charge in [0.2, 0.25) is 0 Å². The molecule has 99 valence electrons. The van der Waals surface area contributed by atoms with Gasteiger partial charge >= 0.3 is 0 Å². The zero-order valence-corrected chi connectivity index (χ0v) is 12.3. The number of hydrogen-bond donors (Lipinski definition) is 0. The van der Waals surface area contributed by atoms with E-state index in [1.54, 1.807) is 17.8 Å². The van der Waals surface area contributed by atoms with Crippen molar-refractivity contribution in [3.05, 3.63) is 54.4 Å². The van der Waals surface area contributed by atoms with Gasteiger partial charge in [-0.3, -0.25) is 4.98 Å². The van der Waals surface area contributed by atoms with Crippen molar-refractivity contribution in [3.63, 3.8) is 0 Å². The average Bonchev–Trinajstić information content (AvgIpc) is 2.37. The van der Waals surface area contributed by atoms with Gasteiger partial charge in [-0.25, -0.2) is 0 Å². The first-order valence-corrected chi connectivity index (χ1v) is 7.08. The van der Waals surface area contributed by atoms with Gasteiger partial charge in [-0.05, 0) is 5.56 Å². The molecular formula is C16H18NOS. The number of benzene rings is 1. The quantitative estimate of drug-likeness (QED) is 0.772. The summed E-state index contributed by atoms with van der Waals surface area (Å²) in [5.74, 6) is 0.846. The van der Waals surface area contributed by atoms with Crippen molar-refractivity contribution in [1.29, 1.82) is 0 Å². The van der Waals surface area contributed by atoms with E-state index in [0.29, 0.717) is 6.61 Å². The first-order valence-electron chi connectivity index (χ1n) is 6.26. The van der Waals surface area contributed by atoms with Gasteiger partial charge in [0.05, 0.1) is 11.1 Å². The van der Waals surface area contributed by atoms with Crippen LogP contribution in [0.2, 0.25) is 0 Å². The van der Waals surface area contributed by atoms with Gasteiger partial charge in [0.25, 0.3) is 0 Å². The fraction of sp³-hybridized carbons (Fsp3) is 0.312. The van der Waals surface area contributed by atoms with E-state index in [1.807, 2.05) is 24.4 Å². The second kappa shape index (κ2) is 6.11. The number of thioether (sulfide) groups is 1. The van der Waals surface area contributed by atoms with Crippen molar-refractivity contribution in [2.45, 2.75) is 37.0 Å². The average molecular weight is 272 g/mol. The van der Waals surface area contributed by atoms with E-state index >= 15 is 0 Å². The Morgan fingerprint density at radius 3 is 2.63 bits per heavy atom. The van der Waals surface area contributed by atoms with Gasteiger partial charge in [0.1, 0.15) is 12.4 Å². The Hall–Kier alpha value is -1.48. The number of hydrogen-bond acceptors (Lipinski definition) is 3. The van der Waals surface area contributed by atoms with E-state index in [1.165, 1.54) is 0 Å². The van der Waals surface area contributed by atoms with Crippen molar-refractivity contribution >= 4 is 11.8 Å². The molecule has 2 rings (SSSR count). The maximum absolute atomic E-state index is 5.88. The summed E-state index contributed by atoms with van der Waals surface area (Å²) in [5, 5.41) is 0. The van der Waals surface area contributed by atoms with E-state index in [9.17, 15) is 0 Å². The van der Waals surface area contributed by atoms with E-state index in [4.69, 9.17) is 4.74 Å². The summed E-state index contributed by atoms with van der Waals surface area (Å²) in [7, 11) is 0. The number of aromatic nitrogens is 1. The minimum absolute atomic E-state index is 0.133. The summed E-state index contributed by atoms with van der Waals surface area (Å²) in [6.07, 6.45) is 4.65. The smallest absolute Gasteiger partial charge is 0.137 e. The van der Waals surface area contributed by atoms with Crippen LogP contribution in [0.4, 0.5) is 0 Å². The fourth-order valence-corrected chi connectivity index (χ4v) is 2.56. The van der Waals surface area contributed by atoms with Gasteiger partial charge < -0.3 is 4.74 Å². The van der Waals surface area contributed by atoms with Crippen molar-refractivity contribution in [2.75, 3.05) is 0 Å². The monoisotopic (exact) mass is 272 g/mol. The van der Waals surface area contributed by atoms with Crippen molar-refractivity contribution < 1.29 is 4.74 Å². The molecule has 0 N–H and O–H groups in total. The molecule has 0 aliphatic heterocycles. The molecular weight excluding hydrogens is 254 g/mol. The number of nitrogens with zero attached hydrogens (tertiary/aromatic N) is 1. The molecule has 0 amide bonds. The highest BCUT2D eigenvalue weighted by atomic mass is 32.2. The second-order valence-electron chi connectivity index (χ2n) is 5.25. The predicted molar refractivity (Wildman–Crippen MR) is 79.5 cm³/mol. The molecule has 0 aliphatic rings. The van der Waals surface area contributed by atoms with Gasteiger partial charge in [-0.15, -0.1) is 11.8 Å². The van der Waals surface area contributed by atoms with Crippen LogP contribution in [0.15, 0.2) is 47.5 Å². The number of rotatable bonds is 4. The maximum atomic E-state index is 5.88. The minimum atomic E-state index is 0.133. The van der Waals surface area contributed by atoms with Crippen LogP contribution in [0.1, 0.15) is 26.3 Å². The minimum Gasteiger partial charge on any atom is -0.488 e. The van der Waals surface area contributed by atoms with E-state index < -0.39 is 0 Å². The van der Waals surface area contributed by atoms with Crippen LogP contribution < -0.4 is 4.74 Å². The Kier molecular flexibility index (Phi) is 4.48. The fourth-order valence-electron chi connectivity index (χ4n) is 1.58. The Balaban J connectivity index is 2.08. The summed E-state index contributed by atoms with van der Waals surface area (Å²) in [6.45, 7) is 7.09. The third-order valence-corrected chi connectivity index (χ3v) is 3.49. The topological polar surface area (TPSA) is 22.1 Å². The lowest BCUT2D eigenvalue weighted by atomic mass is 10.2. The standard InChI is InChI=1S/C16H18NOS/c1-16(2,3)19-15-11-17-10-9-14(15)18-12-13-7-5-4-6-8-13/h4-9,11H,12H2,1-3H3. The van der Waals surface area contributed by atoms with Crippen LogP contribution in [0.3, 0.4) is 0 Å². The third kappa shape index (κ3) is 4.60. The van der Waals surface area contributed by atoms with Crippen LogP contribution in [0.5, 0.6) is 5.75 Å². The van der Waals surface area contributed by atoms with Gasteiger partial charge in [0.15, 0.2) is 0 Å². The maximum Gasteiger partial charge on any atom is 0.137 e. The van der Waals surface area contributed by atoms with Crippen molar-refractivity contribution in [2.24, 2.45) is 0 Å². The normalized spacial score (nSPS) is 11.3. The zero-order valence-electron chi connectivity index (χ0n) is 11.5. The molecule has 19 heavy (non-hydrogen) atoms. The molecule has 1 heterocycles. The second-order valence-corrected chi connectivity index (χ2v) is 7.12. The van der Waals surface area contributed by atoms with Crippen LogP contribution >= 0.6 is 11.8 Å². The Labute approximate surface area is 119 Å². The lowest BCUT2D eigenvalue weighted by molar-refractivity contribution is 0.298.